The molecular formula is C35H27BrN4O2S2. The monoisotopic (exact) mass is 678 g/mol. The number of nitrogens with zero attached hydrogens (tertiary/aromatic N) is 3. The van der Waals surface area contributed by atoms with Crippen LogP contribution in [0.25, 0.3) is 17.0 Å². The number of fused-ring (bicyclic) bond motifs is 2. The predicted molar refractivity (Wildman–Crippen MR) is 183 cm³/mol. The van der Waals surface area contributed by atoms with Gasteiger partial charge in [0.05, 0.1) is 15.8 Å². The molecule has 4 heterocycles. The average molecular weight is 680 g/mol. The number of benzene rings is 3. The van der Waals surface area contributed by atoms with Crippen LogP contribution in [-0.2, 0) is 11.3 Å². The maximum absolute atomic E-state index is 14.3. The Bertz CT molecular complexity index is 2240. The molecule has 7 rings (SSSR count). The van der Waals surface area contributed by atoms with Gasteiger partial charge in [0.2, 0.25) is 0 Å². The van der Waals surface area contributed by atoms with Gasteiger partial charge in [0, 0.05) is 43.7 Å². The number of para-hydroxylation sites is 2. The Morgan fingerprint density at radius 2 is 1.73 bits per heavy atom. The van der Waals surface area contributed by atoms with Gasteiger partial charge in [-0.1, -0.05) is 81.9 Å². The van der Waals surface area contributed by atoms with Gasteiger partial charge >= 0.3 is 0 Å². The lowest BCUT2D eigenvalue weighted by Crippen LogP contribution is -2.40. The van der Waals surface area contributed by atoms with Gasteiger partial charge in [0.15, 0.2) is 4.80 Å². The summed E-state index contributed by atoms with van der Waals surface area (Å²) in [5.74, 6) is -0.267. The predicted octanol–water partition coefficient (Wildman–Crippen LogP) is 7.01. The Labute approximate surface area is 270 Å². The fourth-order valence-electron chi connectivity index (χ4n) is 5.79. The zero-order valence-corrected chi connectivity index (χ0v) is 27.2. The number of nitrogens with one attached hydrogen (secondary N) is 1. The van der Waals surface area contributed by atoms with Gasteiger partial charge in [-0.05, 0) is 67.3 Å². The van der Waals surface area contributed by atoms with Crippen molar-refractivity contribution in [3.63, 3.8) is 0 Å². The molecule has 0 aliphatic carbocycles. The molecule has 0 radical (unpaired) electrons. The van der Waals surface area contributed by atoms with Crippen LogP contribution >= 0.6 is 38.6 Å². The summed E-state index contributed by atoms with van der Waals surface area (Å²) < 4.78 is 5.61. The topological polar surface area (TPSA) is 68.4 Å². The van der Waals surface area contributed by atoms with E-state index < -0.39 is 6.04 Å². The third-order valence-corrected chi connectivity index (χ3v) is 10.4. The molecule has 0 spiro atoms. The summed E-state index contributed by atoms with van der Waals surface area (Å²) >= 11 is 6.42. The highest BCUT2D eigenvalue weighted by molar-refractivity contribution is 9.10. The molecule has 0 saturated carbocycles. The highest BCUT2D eigenvalue weighted by atomic mass is 79.9. The van der Waals surface area contributed by atoms with E-state index in [4.69, 9.17) is 4.99 Å². The molecular weight excluding hydrogens is 652 g/mol. The number of halogens is 1. The van der Waals surface area contributed by atoms with E-state index in [0.717, 1.165) is 31.5 Å². The van der Waals surface area contributed by atoms with Crippen molar-refractivity contribution in [3.05, 3.63) is 154 Å². The van der Waals surface area contributed by atoms with Gasteiger partial charge in [-0.25, -0.2) is 4.99 Å². The van der Waals surface area contributed by atoms with Crippen LogP contribution in [0.1, 0.15) is 34.7 Å². The smallest absolute Gasteiger partial charge is 0.271 e. The number of thiophene rings is 1. The van der Waals surface area contributed by atoms with Gasteiger partial charge in [0.1, 0.15) is 6.04 Å². The van der Waals surface area contributed by atoms with Crippen molar-refractivity contribution in [2.45, 2.75) is 26.4 Å². The molecule has 0 fully saturated rings. The molecule has 1 aliphatic rings. The van der Waals surface area contributed by atoms with E-state index in [1.165, 1.54) is 28.2 Å². The minimum atomic E-state index is -0.572. The van der Waals surface area contributed by atoms with Crippen LogP contribution in [-0.4, -0.2) is 15.0 Å². The van der Waals surface area contributed by atoms with Crippen LogP contribution in [0.2, 0.25) is 0 Å². The van der Waals surface area contributed by atoms with E-state index in [0.29, 0.717) is 32.8 Å². The Morgan fingerprint density at radius 1 is 0.977 bits per heavy atom. The first-order valence-corrected chi connectivity index (χ1v) is 16.6. The van der Waals surface area contributed by atoms with E-state index in [9.17, 15) is 9.59 Å². The van der Waals surface area contributed by atoms with Crippen molar-refractivity contribution in [2.24, 2.45) is 4.99 Å². The summed E-state index contributed by atoms with van der Waals surface area (Å²) in [5, 5.41) is 6.06. The summed E-state index contributed by atoms with van der Waals surface area (Å²) in [6.45, 7) is 4.66. The van der Waals surface area contributed by atoms with E-state index in [1.807, 2.05) is 73.0 Å². The number of rotatable bonds is 6. The fourth-order valence-corrected chi connectivity index (χ4v) is 7.91. The normalized spacial score (nSPS) is 15.0. The second kappa shape index (κ2) is 11.6. The first-order valence-electron chi connectivity index (χ1n) is 14.1. The molecule has 1 amide bonds. The number of amides is 1. The van der Waals surface area contributed by atoms with E-state index in [2.05, 4.69) is 69.1 Å². The summed E-state index contributed by atoms with van der Waals surface area (Å²) in [6.07, 6.45) is 1.99. The maximum Gasteiger partial charge on any atom is 0.271 e. The zero-order valence-electron chi connectivity index (χ0n) is 24.0. The van der Waals surface area contributed by atoms with E-state index >= 15 is 0 Å². The van der Waals surface area contributed by atoms with Crippen LogP contribution < -0.4 is 20.2 Å². The molecule has 0 saturated heterocycles. The van der Waals surface area contributed by atoms with Gasteiger partial charge < -0.3 is 9.88 Å². The molecule has 44 heavy (non-hydrogen) atoms. The van der Waals surface area contributed by atoms with Crippen LogP contribution in [0.5, 0.6) is 0 Å². The Kier molecular flexibility index (Phi) is 7.53. The van der Waals surface area contributed by atoms with Crippen molar-refractivity contribution in [1.29, 1.82) is 0 Å². The van der Waals surface area contributed by atoms with Crippen LogP contribution in [0.4, 0.5) is 5.69 Å². The maximum atomic E-state index is 14.3. The minimum Gasteiger partial charge on any atom is -0.340 e. The highest BCUT2D eigenvalue weighted by Gasteiger charge is 2.33. The Balaban J connectivity index is 1.36. The third-order valence-electron chi connectivity index (χ3n) is 7.92. The molecule has 1 atom stereocenters. The van der Waals surface area contributed by atoms with Crippen molar-refractivity contribution in [2.75, 3.05) is 5.32 Å². The summed E-state index contributed by atoms with van der Waals surface area (Å²) in [5.41, 5.74) is 5.99. The van der Waals surface area contributed by atoms with Gasteiger partial charge in [-0.2, -0.15) is 0 Å². The number of carbonyl (C=O) groups excluding carboxylic acids is 1. The molecule has 3 aromatic heterocycles. The van der Waals surface area contributed by atoms with E-state index in [-0.39, 0.29) is 11.5 Å². The minimum absolute atomic E-state index is 0.159. The lowest BCUT2D eigenvalue weighted by Gasteiger charge is -2.24. The summed E-state index contributed by atoms with van der Waals surface area (Å²) in [7, 11) is 0. The van der Waals surface area contributed by atoms with Gasteiger partial charge in [-0.15, -0.1) is 11.3 Å². The van der Waals surface area contributed by atoms with Crippen molar-refractivity contribution < 1.29 is 4.79 Å². The number of thiazole rings is 1. The molecule has 0 unspecified atom stereocenters. The fraction of sp³-hybridized carbons (Fsp3) is 0.114. The van der Waals surface area contributed by atoms with Crippen LogP contribution in [0.15, 0.2) is 122 Å². The highest BCUT2D eigenvalue weighted by Crippen LogP contribution is 2.33. The number of hydrogen-bond acceptors (Lipinski definition) is 5. The van der Waals surface area contributed by atoms with Crippen LogP contribution in [0, 0.1) is 6.92 Å². The molecule has 3 aromatic carbocycles. The molecule has 1 aliphatic heterocycles. The summed E-state index contributed by atoms with van der Waals surface area (Å²) in [4.78, 5) is 34.3. The van der Waals surface area contributed by atoms with E-state index in [1.54, 1.807) is 4.57 Å². The van der Waals surface area contributed by atoms with Crippen molar-refractivity contribution in [3.8, 4) is 0 Å². The second-order valence-corrected chi connectivity index (χ2v) is 13.6. The largest absolute Gasteiger partial charge is 0.340 e. The quantitative estimate of drug-likeness (QED) is 0.206. The molecule has 218 valence electrons. The average Bonchev–Trinajstić information content (AvgIpc) is 3.73. The molecule has 9 heteroatoms. The summed E-state index contributed by atoms with van der Waals surface area (Å²) in [6, 6.07) is 29.3. The first kappa shape index (κ1) is 28.5. The number of carbonyl (C=O) groups is 1. The van der Waals surface area contributed by atoms with Gasteiger partial charge in [0.25, 0.3) is 11.5 Å². The number of allylic oxidation sites excluding steroid dienone is 1. The molecule has 0 bridgehead atoms. The number of aromatic nitrogens is 2. The molecule has 6 nitrogen and oxygen atoms in total. The van der Waals surface area contributed by atoms with Crippen LogP contribution in [0.3, 0.4) is 0 Å². The lowest BCUT2D eigenvalue weighted by molar-refractivity contribution is -0.113. The Hall–Kier alpha value is -4.31. The molecule has 1 N–H and O–H groups in total. The standard InChI is InChI=1S/C35H27BrN4O2S2/c1-21-31(33(41)38-25-9-4-3-5-10-25)32(29-13-8-18-43-29)40-34(42)30(44-35(40)37-21)19-27-22(2)39(28-12-7-6-11-26(27)28)20-23-14-16-24(36)17-15-23/h3-19,32H,20H2,1-2H3,(H,38,41)/b30-19-/t32-/m1/s1. The Morgan fingerprint density at radius 3 is 2.48 bits per heavy atom. The van der Waals surface area contributed by atoms with Crippen molar-refractivity contribution in [1.82, 2.24) is 9.13 Å². The first-order chi connectivity index (χ1) is 21.4. The van der Waals surface area contributed by atoms with Gasteiger partial charge in [-0.3, -0.25) is 14.2 Å². The lowest BCUT2D eigenvalue weighted by atomic mass is 10.0. The zero-order chi connectivity index (χ0) is 30.4. The third kappa shape index (κ3) is 5.11. The van der Waals surface area contributed by atoms with Crippen molar-refractivity contribution >= 4 is 67.2 Å². The molecule has 6 aromatic rings. The number of anilines is 1. The second-order valence-electron chi connectivity index (χ2n) is 10.6. The number of hydrogen-bond donors (Lipinski definition) is 1. The SMILES string of the molecule is CC1=C(C(=O)Nc2ccccc2)[C@@H](c2cccs2)n2c(s/c(=C\c3c(C)n(Cc4ccc(Br)cc4)c4ccccc34)c2=O)=N1.